The molecule has 7 heterocycles. The molecule has 5 aliphatic rings. The van der Waals surface area contributed by atoms with E-state index in [1.54, 1.807) is 16.0 Å². The molecule has 4 N–H and O–H groups in total. The lowest BCUT2D eigenvalue weighted by Gasteiger charge is -2.32. The number of morpholine rings is 2. The first-order valence-electron chi connectivity index (χ1n) is 21.5. The van der Waals surface area contributed by atoms with Crippen molar-refractivity contribution in [3.8, 4) is 0 Å². The van der Waals surface area contributed by atoms with Gasteiger partial charge in [0, 0.05) is 88.1 Å². The molecule has 2 aromatic heterocycles. The number of ether oxygens (including phenoxy) is 4. The predicted molar refractivity (Wildman–Crippen MR) is 248 cm³/mol. The molecular weight excluding hydrogens is 859 g/mol. The minimum Gasteiger partial charge on any atom is -0.444 e. The van der Waals surface area contributed by atoms with Crippen LogP contribution in [0.3, 0.4) is 0 Å². The van der Waals surface area contributed by atoms with Gasteiger partial charge in [-0.25, -0.2) is 19.6 Å². The molecule has 62 heavy (non-hydrogen) atoms. The number of pyridine rings is 2. The highest BCUT2D eigenvalue weighted by Gasteiger charge is 2.52. The number of nitrogens with zero attached hydrogens (tertiary/aromatic N) is 6. The second-order valence-electron chi connectivity index (χ2n) is 18.8. The summed E-state index contributed by atoms with van der Waals surface area (Å²) in [4.78, 5) is 40.9. The van der Waals surface area contributed by atoms with E-state index in [2.05, 4.69) is 35.7 Å². The summed E-state index contributed by atoms with van der Waals surface area (Å²) in [6, 6.07) is 3.82. The number of aromatic nitrogens is 2. The third kappa shape index (κ3) is 13.7. The van der Waals surface area contributed by atoms with E-state index in [1.807, 2.05) is 99.7 Å². The van der Waals surface area contributed by atoms with Gasteiger partial charge in [-0.2, -0.15) is 0 Å². The fraction of sp³-hybridized carbons (Fsp3) is 0.636. The molecule has 0 saturated carbocycles. The monoisotopic (exact) mass is 926 g/mol. The Kier molecular flexibility index (Phi) is 16.3. The maximum absolute atomic E-state index is 12.2. The SMILES string of the molecule is CC(C)(C)OC(=O)N1CC=C(B2OC(C)(C)C(C)(C)O2)CC1.CC(C)(C)OC(=O)N1CC=C(c2cnc(N3CCOCC3)cc2N)CC1.Nc1cc(N2CCOCC2)ncc1Br. The Morgan fingerprint density at radius 2 is 1.15 bits per heavy atom. The van der Waals surface area contributed by atoms with Crippen molar-refractivity contribution in [3.05, 3.63) is 52.2 Å². The van der Waals surface area contributed by atoms with Crippen molar-refractivity contribution >= 4 is 63.8 Å². The number of halogens is 1. The number of nitrogen functional groups attached to an aromatic ring is 2. The third-order valence-electron chi connectivity index (χ3n) is 11.1. The van der Waals surface area contributed by atoms with Crippen LogP contribution >= 0.6 is 15.9 Å². The number of hydrogen-bond acceptors (Lipinski definition) is 14. The average molecular weight is 928 g/mol. The minimum atomic E-state index is -0.481. The van der Waals surface area contributed by atoms with Gasteiger partial charge in [0.05, 0.1) is 47.8 Å². The molecule has 0 aliphatic carbocycles. The van der Waals surface area contributed by atoms with E-state index in [0.717, 1.165) is 110 Å². The van der Waals surface area contributed by atoms with Gasteiger partial charge in [0.1, 0.15) is 22.8 Å². The Balaban J connectivity index is 0.000000183. The first-order chi connectivity index (χ1) is 29.0. The maximum atomic E-state index is 12.2. The van der Waals surface area contributed by atoms with Gasteiger partial charge >= 0.3 is 19.3 Å². The summed E-state index contributed by atoms with van der Waals surface area (Å²) in [5, 5.41) is 0. The number of carbonyl (C=O) groups excluding carboxylic acids is 2. The molecule has 0 spiro atoms. The second kappa shape index (κ2) is 20.6. The number of hydrogen-bond donors (Lipinski definition) is 2. The van der Waals surface area contributed by atoms with Crippen LogP contribution < -0.4 is 21.3 Å². The Bertz CT molecular complexity index is 1910. The molecule has 7 rings (SSSR count). The van der Waals surface area contributed by atoms with Gasteiger partial charge in [0.2, 0.25) is 0 Å². The lowest BCUT2D eigenvalue weighted by Crippen LogP contribution is -2.41. The van der Waals surface area contributed by atoms with Crippen LogP contribution in [0.1, 0.15) is 87.6 Å². The number of carbonyl (C=O) groups is 2. The molecule has 0 aromatic carbocycles. The summed E-state index contributed by atoms with van der Waals surface area (Å²) in [5.41, 5.74) is 15.1. The van der Waals surface area contributed by atoms with Gasteiger partial charge in [-0.1, -0.05) is 12.2 Å². The van der Waals surface area contributed by atoms with Crippen molar-refractivity contribution in [1.29, 1.82) is 0 Å². The zero-order chi connectivity index (χ0) is 45.5. The number of rotatable bonds is 4. The predicted octanol–water partition coefficient (Wildman–Crippen LogP) is 6.97. The number of amides is 2. The van der Waals surface area contributed by atoms with E-state index in [0.29, 0.717) is 26.2 Å². The first kappa shape index (κ1) is 48.9. The van der Waals surface area contributed by atoms with Crippen LogP contribution in [-0.2, 0) is 28.3 Å². The van der Waals surface area contributed by atoms with E-state index in [1.165, 1.54) is 0 Å². The summed E-state index contributed by atoms with van der Waals surface area (Å²) < 4.78 is 34.4. The zero-order valence-electron chi connectivity index (χ0n) is 38.4. The number of nitrogens with two attached hydrogens (primary N) is 2. The minimum absolute atomic E-state index is 0.267. The van der Waals surface area contributed by atoms with E-state index < -0.39 is 11.2 Å². The van der Waals surface area contributed by atoms with E-state index >= 15 is 0 Å². The van der Waals surface area contributed by atoms with Crippen LogP contribution in [-0.4, -0.2) is 140 Å². The molecule has 3 fully saturated rings. The van der Waals surface area contributed by atoms with Crippen LogP contribution in [0.4, 0.5) is 32.6 Å². The largest absolute Gasteiger partial charge is 0.490 e. The van der Waals surface area contributed by atoms with Crippen LogP contribution in [0.2, 0.25) is 0 Å². The Morgan fingerprint density at radius 3 is 1.55 bits per heavy atom. The topological polar surface area (TPSA) is 180 Å². The van der Waals surface area contributed by atoms with Crippen molar-refractivity contribution in [2.45, 2.75) is 104 Å². The van der Waals surface area contributed by atoms with Crippen molar-refractivity contribution in [2.75, 3.05) is 100 Å². The lowest BCUT2D eigenvalue weighted by atomic mass is 9.75. The van der Waals surface area contributed by atoms with Crippen LogP contribution in [0.25, 0.3) is 5.57 Å². The van der Waals surface area contributed by atoms with Gasteiger partial charge in [-0.05, 0) is 109 Å². The quantitative estimate of drug-likeness (QED) is 0.300. The molecule has 18 heteroatoms. The van der Waals surface area contributed by atoms with E-state index in [9.17, 15) is 9.59 Å². The van der Waals surface area contributed by atoms with Gasteiger partial charge in [-0.15, -0.1) is 0 Å². The molecule has 3 saturated heterocycles. The Morgan fingerprint density at radius 1 is 0.694 bits per heavy atom. The van der Waals surface area contributed by atoms with Crippen LogP contribution in [0.15, 0.2) is 46.6 Å². The molecule has 0 radical (unpaired) electrons. The van der Waals surface area contributed by atoms with Gasteiger partial charge in [0.15, 0.2) is 0 Å². The van der Waals surface area contributed by atoms with Crippen molar-refractivity contribution in [3.63, 3.8) is 0 Å². The van der Waals surface area contributed by atoms with Crippen molar-refractivity contribution < 1.29 is 37.8 Å². The molecule has 0 unspecified atom stereocenters. The molecule has 5 aliphatic heterocycles. The highest BCUT2D eigenvalue weighted by atomic mass is 79.9. The second-order valence-corrected chi connectivity index (χ2v) is 19.7. The molecular formula is C44H68BBrN8O8. The van der Waals surface area contributed by atoms with E-state index in [4.69, 9.17) is 39.7 Å². The summed E-state index contributed by atoms with van der Waals surface area (Å²) in [6.45, 7) is 28.1. The summed E-state index contributed by atoms with van der Waals surface area (Å²) in [7, 11) is -0.314. The third-order valence-corrected chi connectivity index (χ3v) is 11.8. The summed E-state index contributed by atoms with van der Waals surface area (Å²) in [6.07, 6.45) is 8.58. The highest BCUT2D eigenvalue weighted by molar-refractivity contribution is 9.10. The maximum Gasteiger partial charge on any atom is 0.490 e. The van der Waals surface area contributed by atoms with Gasteiger partial charge in [0.25, 0.3) is 0 Å². The van der Waals surface area contributed by atoms with Crippen molar-refractivity contribution in [2.24, 2.45) is 0 Å². The molecule has 0 atom stereocenters. The van der Waals surface area contributed by atoms with Crippen LogP contribution in [0, 0.1) is 0 Å². The molecule has 16 nitrogen and oxygen atoms in total. The van der Waals surface area contributed by atoms with Gasteiger partial charge in [-0.3, -0.25) is 0 Å². The molecule has 0 bridgehead atoms. The van der Waals surface area contributed by atoms with Crippen molar-refractivity contribution in [1.82, 2.24) is 19.8 Å². The van der Waals surface area contributed by atoms with E-state index in [-0.39, 0.29) is 30.5 Å². The smallest absolute Gasteiger partial charge is 0.444 e. The highest BCUT2D eigenvalue weighted by Crippen LogP contribution is 2.39. The Labute approximate surface area is 376 Å². The molecule has 342 valence electrons. The average Bonchev–Trinajstić information content (AvgIpc) is 3.44. The normalized spacial score (nSPS) is 20.2. The standard InChI is InChI=1S/C19H28N4O3.C16H28BNO4.C9H12BrN3O/c1-19(2,3)26-18(24)23-6-4-14(5-7-23)15-13-21-17(12-16(15)20)22-8-10-25-11-9-22;1-14(2,3)20-13(19)18-10-8-12(9-11-18)17-21-15(4,5)16(6,7)22-17;10-7-6-12-9(5-8(7)11)13-1-3-14-4-2-13/h4,12-13H,5-11H2,1-3H3,(H2,20,21);8H,9-11H2,1-7H3;5-6H,1-4H2,(H2,11,12). The fourth-order valence-corrected chi connectivity index (χ4v) is 7.11. The summed E-state index contributed by atoms with van der Waals surface area (Å²) in [5.74, 6) is 1.82. The number of anilines is 4. The lowest BCUT2D eigenvalue weighted by molar-refractivity contribution is 0.00578. The van der Waals surface area contributed by atoms with Gasteiger partial charge < -0.3 is 59.3 Å². The Hall–Kier alpha value is -4.10. The summed E-state index contributed by atoms with van der Waals surface area (Å²) >= 11 is 3.32. The zero-order valence-corrected chi connectivity index (χ0v) is 40.0. The molecule has 2 aromatic rings. The van der Waals surface area contributed by atoms with Crippen LogP contribution in [0.5, 0.6) is 0 Å². The molecule has 2 amide bonds. The first-order valence-corrected chi connectivity index (χ1v) is 22.3. The fourth-order valence-electron chi connectivity index (χ4n) is 6.89.